The Hall–Kier alpha value is -4.75. The molecule has 0 saturated carbocycles. The summed E-state index contributed by atoms with van der Waals surface area (Å²) in [6.45, 7) is 0.367. The smallest absolute Gasteiger partial charge is 0.307 e. The number of amides is 2. The highest BCUT2D eigenvalue weighted by Crippen LogP contribution is 2.40. The van der Waals surface area contributed by atoms with Gasteiger partial charge in [-0.1, -0.05) is 83.2 Å². The van der Waals surface area contributed by atoms with Crippen molar-refractivity contribution in [2.75, 3.05) is 25.2 Å². The Balaban J connectivity index is 1.04. The summed E-state index contributed by atoms with van der Waals surface area (Å²) in [7, 11) is 1.51. The second kappa shape index (κ2) is 15.9. The summed E-state index contributed by atoms with van der Waals surface area (Å²) in [5.41, 5.74) is 3.61. The number of rotatable bonds is 14. The van der Waals surface area contributed by atoms with Gasteiger partial charge in [-0.15, -0.1) is 0 Å². The molecule has 2 atom stereocenters. The van der Waals surface area contributed by atoms with E-state index in [-0.39, 0.29) is 28.5 Å². The molecular weight excluding hydrogens is 700 g/mol. The number of aromatic nitrogens is 1. The van der Waals surface area contributed by atoms with E-state index in [9.17, 15) is 24.6 Å². The van der Waals surface area contributed by atoms with Crippen molar-refractivity contribution in [1.29, 1.82) is 0 Å². The van der Waals surface area contributed by atoms with E-state index in [1.54, 1.807) is 48.5 Å². The van der Waals surface area contributed by atoms with Crippen LogP contribution in [-0.4, -0.2) is 51.9 Å². The van der Waals surface area contributed by atoms with Gasteiger partial charge >= 0.3 is 4.87 Å². The van der Waals surface area contributed by atoms with Crippen LogP contribution in [0.5, 0.6) is 23.1 Å². The zero-order valence-corrected chi connectivity index (χ0v) is 29.2. The van der Waals surface area contributed by atoms with Gasteiger partial charge in [-0.25, -0.2) is 4.90 Å². The second-order valence-corrected chi connectivity index (χ2v) is 14.1. The lowest BCUT2D eigenvalue weighted by atomic mass is 10.1. The van der Waals surface area contributed by atoms with Crippen LogP contribution in [0.3, 0.4) is 0 Å². The number of anilines is 1. The van der Waals surface area contributed by atoms with E-state index in [0.29, 0.717) is 64.3 Å². The molecule has 13 heteroatoms. The zero-order chi connectivity index (χ0) is 35.2. The molecule has 2 unspecified atom stereocenters. The number of aromatic amines is 1. The Morgan fingerprint density at radius 1 is 0.920 bits per heavy atom. The normalized spacial score (nSPS) is 14.9. The third kappa shape index (κ3) is 8.33. The van der Waals surface area contributed by atoms with Gasteiger partial charge in [0.15, 0.2) is 0 Å². The van der Waals surface area contributed by atoms with E-state index < -0.39 is 11.4 Å². The molecule has 0 spiro atoms. The van der Waals surface area contributed by atoms with Crippen LogP contribution in [0.25, 0.3) is 0 Å². The minimum absolute atomic E-state index is 0.0497. The number of hydrogen-bond acceptors (Lipinski definition) is 10. The molecular formula is C37H33ClN2O8S2. The number of H-pyrrole nitrogens is 1. The van der Waals surface area contributed by atoms with Crippen LogP contribution in [0.2, 0.25) is 5.02 Å². The van der Waals surface area contributed by atoms with Crippen LogP contribution in [0.4, 0.5) is 10.5 Å². The minimum Gasteiger partial charge on any atom is -0.494 e. The third-order valence-corrected chi connectivity index (χ3v) is 10.2. The van der Waals surface area contributed by atoms with Gasteiger partial charge in [-0.2, -0.15) is 0 Å². The van der Waals surface area contributed by atoms with Crippen molar-refractivity contribution >= 4 is 51.5 Å². The molecule has 4 aromatic carbocycles. The number of methoxy groups -OCH3 is 1. The molecule has 0 bridgehead atoms. The monoisotopic (exact) mass is 732 g/mol. The minimum atomic E-state index is -0.840. The number of halogens is 1. The number of aliphatic hydroxyl groups is 1. The van der Waals surface area contributed by atoms with Crippen LogP contribution in [0.15, 0.2) is 95.8 Å². The molecule has 1 aliphatic rings. The molecule has 1 aromatic heterocycles. The highest BCUT2D eigenvalue weighted by molar-refractivity contribution is 8.15. The SMILES string of the molecule is COc1c(CCOc2ccc(Cc3sc(=O)[nH]c3O)cc2)cccc1N1C(=O)SC(Cc2ccc(OCC(O)c3cccc(Cl)c3)cc2)C1=O. The Labute approximate surface area is 301 Å². The maximum absolute atomic E-state index is 13.6. The highest BCUT2D eigenvalue weighted by Gasteiger charge is 2.42. The van der Waals surface area contributed by atoms with Crippen LogP contribution >= 0.6 is 34.7 Å². The fourth-order valence-electron chi connectivity index (χ4n) is 5.55. The molecule has 5 aromatic rings. The Morgan fingerprint density at radius 2 is 1.62 bits per heavy atom. The van der Waals surface area contributed by atoms with Crippen molar-refractivity contribution in [2.45, 2.75) is 30.6 Å². The quantitative estimate of drug-likeness (QED) is 0.111. The number of benzene rings is 4. The summed E-state index contributed by atoms with van der Waals surface area (Å²) < 4.78 is 17.4. The van der Waals surface area contributed by atoms with Crippen molar-refractivity contribution in [3.8, 4) is 23.1 Å². The molecule has 0 radical (unpaired) electrons. The molecule has 1 saturated heterocycles. The van der Waals surface area contributed by atoms with Crippen molar-refractivity contribution in [3.63, 3.8) is 0 Å². The zero-order valence-electron chi connectivity index (χ0n) is 26.8. The molecule has 1 aliphatic heterocycles. The number of thiazole rings is 1. The lowest BCUT2D eigenvalue weighted by molar-refractivity contribution is -0.117. The number of ether oxygens (including phenoxy) is 3. The van der Waals surface area contributed by atoms with Gasteiger partial charge < -0.3 is 24.4 Å². The van der Waals surface area contributed by atoms with E-state index in [1.807, 2.05) is 42.5 Å². The molecule has 258 valence electrons. The largest absolute Gasteiger partial charge is 0.494 e. The fourth-order valence-corrected chi connectivity index (χ4v) is 7.52. The van der Waals surface area contributed by atoms with Gasteiger partial charge in [0.05, 0.1) is 29.5 Å². The van der Waals surface area contributed by atoms with Crippen LogP contribution in [0.1, 0.15) is 33.2 Å². The predicted octanol–water partition coefficient (Wildman–Crippen LogP) is 6.94. The van der Waals surface area contributed by atoms with Gasteiger partial charge in [0.1, 0.15) is 30.0 Å². The van der Waals surface area contributed by atoms with E-state index in [2.05, 4.69) is 4.98 Å². The van der Waals surface area contributed by atoms with Crippen molar-refractivity contribution < 1.29 is 34.0 Å². The number of imide groups is 1. The first-order chi connectivity index (χ1) is 24.2. The molecule has 50 heavy (non-hydrogen) atoms. The number of para-hydroxylation sites is 1. The van der Waals surface area contributed by atoms with Crippen LogP contribution in [-0.2, 0) is 24.1 Å². The maximum atomic E-state index is 13.6. The van der Waals surface area contributed by atoms with E-state index in [1.165, 1.54) is 12.0 Å². The highest BCUT2D eigenvalue weighted by atomic mass is 35.5. The van der Waals surface area contributed by atoms with Crippen LogP contribution in [0, 0.1) is 0 Å². The van der Waals surface area contributed by atoms with Gasteiger partial charge in [0.2, 0.25) is 11.8 Å². The summed E-state index contributed by atoms with van der Waals surface area (Å²) in [6.07, 6.45) is 0.388. The standard InChI is InChI=1S/C37H33ClN2O8S2/c1-46-33-24(16-17-47-27-12-8-22(9-13-27)18-31-34(42)39-36(44)49-31)4-3-7-29(33)40-35(43)32(50-37(40)45)19-23-10-14-28(15-11-23)48-21-30(41)25-5-2-6-26(38)20-25/h2-15,20,30,32,41-42H,16-19,21H2,1H3,(H,39,44). The number of aliphatic hydroxyl groups excluding tert-OH is 1. The predicted molar refractivity (Wildman–Crippen MR) is 194 cm³/mol. The van der Waals surface area contributed by atoms with Crippen molar-refractivity contribution in [2.24, 2.45) is 0 Å². The number of thioether (sulfide) groups is 1. The lowest BCUT2D eigenvalue weighted by Gasteiger charge is -2.20. The maximum Gasteiger partial charge on any atom is 0.307 e. The molecule has 3 N–H and O–H groups in total. The van der Waals surface area contributed by atoms with E-state index >= 15 is 0 Å². The first-order valence-corrected chi connectivity index (χ1v) is 17.7. The number of carbonyl (C=O) groups excluding carboxylic acids is 2. The Bertz CT molecular complexity index is 2030. The Morgan fingerprint density at radius 3 is 2.30 bits per heavy atom. The molecule has 6 rings (SSSR count). The summed E-state index contributed by atoms with van der Waals surface area (Å²) >= 11 is 7.98. The van der Waals surface area contributed by atoms with Crippen LogP contribution < -0.4 is 24.0 Å². The summed E-state index contributed by atoms with van der Waals surface area (Å²) in [5.74, 6) is 1.21. The number of aromatic hydroxyl groups is 1. The van der Waals surface area contributed by atoms with E-state index in [4.69, 9.17) is 25.8 Å². The second-order valence-electron chi connectivity index (χ2n) is 11.5. The fraction of sp³-hybridized carbons (Fsp3) is 0.216. The van der Waals surface area contributed by atoms with Gasteiger partial charge in [0.25, 0.3) is 5.24 Å². The lowest BCUT2D eigenvalue weighted by Crippen LogP contribution is -2.32. The molecule has 10 nitrogen and oxygen atoms in total. The molecule has 2 heterocycles. The number of nitrogens with zero attached hydrogens (tertiary/aromatic N) is 1. The van der Waals surface area contributed by atoms with Gasteiger partial charge in [-0.3, -0.25) is 19.4 Å². The van der Waals surface area contributed by atoms with Gasteiger partial charge in [-0.05, 0) is 71.1 Å². The summed E-state index contributed by atoms with van der Waals surface area (Å²) in [4.78, 5) is 42.0. The first-order valence-electron chi connectivity index (χ1n) is 15.7. The molecule has 2 amide bonds. The number of carbonyl (C=O) groups is 2. The van der Waals surface area contributed by atoms with Crippen molar-refractivity contribution in [3.05, 3.63) is 133 Å². The van der Waals surface area contributed by atoms with E-state index in [0.717, 1.165) is 39.8 Å². The number of hydrogen-bond donors (Lipinski definition) is 3. The summed E-state index contributed by atoms with van der Waals surface area (Å²) in [6, 6.07) is 26.9. The molecule has 1 fully saturated rings. The summed E-state index contributed by atoms with van der Waals surface area (Å²) in [5, 5.41) is 19.8. The van der Waals surface area contributed by atoms with Crippen molar-refractivity contribution in [1.82, 2.24) is 4.98 Å². The third-order valence-electron chi connectivity index (χ3n) is 8.06. The topological polar surface area (TPSA) is 138 Å². The Kier molecular flexibility index (Phi) is 11.1. The molecule has 0 aliphatic carbocycles. The average Bonchev–Trinajstić information content (AvgIpc) is 3.58. The van der Waals surface area contributed by atoms with Gasteiger partial charge in [0, 0.05) is 17.9 Å². The number of nitrogens with one attached hydrogen (secondary N) is 1. The average molecular weight is 733 g/mol. The first kappa shape index (κ1) is 35.1.